The first-order valence-electron chi connectivity index (χ1n) is 7.35. The number of carbonyl (C=O) groups excluding carboxylic acids is 1. The van der Waals surface area contributed by atoms with Crippen molar-refractivity contribution in [3.8, 4) is 0 Å². The van der Waals surface area contributed by atoms with Gasteiger partial charge in [-0.2, -0.15) is 0 Å². The number of hydrogen-bond donors (Lipinski definition) is 1. The zero-order chi connectivity index (χ0) is 15.3. The highest BCUT2D eigenvalue weighted by Crippen LogP contribution is 2.23. The zero-order valence-electron chi connectivity index (χ0n) is 13.5. The third kappa shape index (κ3) is 7.47. The predicted molar refractivity (Wildman–Crippen MR) is 88.6 cm³/mol. The molecule has 7 heteroatoms. The molecule has 1 rings (SSSR count). The van der Waals surface area contributed by atoms with Crippen LogP contribution in [0.1, 0.15) is 33.1 Å². The van der Waals surface area contributed by atoms with Gasteiger partial charge in [0.25, 0.3) is 0 Å². The fourth-order valence-electron chi connectivity index (χ4n) is 2.75. The standard InChI is InChI=1S/C14H28N2O3S.ClH/c1-11(13-6-5-7-15-9-13)8-14(17)16(3)12(2)10-20(4,18)19;/h11-13,15H,5-10H2,1-4H3;1H. The van der Waals surface area contributed by atoms with Gasteiger partial charge in [0.2, 0.25) is 5.91 Å². The Balaban J connectivity index is 0.00000400. The Bertz CT molecular complexity index is 422. The van der Waals surface area contributed by atoms with Crippen LogP contribution in [0.2, 0.25) is 0 Å². The molecule has 1 saturated heterocycles. The Hall–Kier alpha value is -0.330. The largest absolute Gasteiger partial charge is 0.342 e. The summed E-state index contributed by atoms with van der Waals surface area (Å²) in [6, 6.07) is -0.269. The van der Waals surface area contributed by atoms with Gasteiger partial charge >= 0.3 is 0 Å². The van der Waals surface area contributed by atoms with E-state index in [0.29, 0.717) is 18.3 Å². The highest BCUT2D eigenvalue weighted by Gasteiger charge is 2.25. The van der Waals surface area contributed by atoms with Gasteiger partial charge in [-0.05, 0) is 44.7 Å². The van der Waals surface area contributed by atoms with Gasteiger partial charge in [0.05, 0.1) is 5.75 Å². The van der Waals surface area contributed by atoms with Gasteiger partial charge in [-0.3, -0.25) is 4.79 Å². The quantitative estimate of drug-likeness (QED) is 0.792. The van der Waals surface area contributed by atoms with Crippen LogP contribution in [0.15, 0.2) is 0 Å². The summed E-state index contributed by atoms with van der Waals surface area (Å²) in [5.41, 5.74) is 0. The SMILES string of the molecule is CC(CC(=O)N(C)C(C)CS(C)(=O)=O)C1CCCNC1.Cl. The number of piperidine rings is 1. The smallest absolute Gasteiger partial charge is 0.222 e. The third-order valence-electron chi connectivity index (χ3n) is 4.23. The van der Waals surface area contributed by atoms with Gasteiger partial charge < -0.3 is 10.2 Å². The van der Waals surface area contributed by atoms with E-state index in [0.717, 1.165) is 13.1 Å². The van der Waals surface area contributed by atoms with Crippen LogP contribution in [0, 0.1) is 11.8 Å². The Morgan fingerprint density at radius 1 is 1.38 bits per heavy atom. The monoisotopic (exact) mass is 340 g/mol. The number of sulfone groups is 1. The minimum Gasteiger partial charge on any atom is -0.342 e. The van der Waals surface area contributed by atoms with Crippen molar-refractivity contribution >= 4 is 28.2 Å². The Morgan fingerprint density at radius 2 is 2.00 bits per heavy atom. The number of hydrogen-bond acceptors (Lipinski definition) is 4. The summed E-state index contributed by atoms with van der Waals surface area (Å²) in [4.78, 5) is 13.8. The number of halogens is 1. The molecule has 3 atom stereocenters. The normalized spacial score (nSPS) is 22.0. The van der Waals surface area contributed by atoms with Crippen LogP contribution in [0.3, 0.4) is 0 Å². The van der Waals surface area contributed by atoms with Gasteiger partial charge in [-0.1, -0.05) is 6.92 Å². The van der Waals surface area contributed by atoms with Crippen LogP contribution in [0.4, 0.5) is 0 Å². The highest BCUT2D eigenvalue weighted by atomic mass is 35.5. The molecule has 1 N–H and O–H groups in total. The van der Waals surface area contributed by atoms with Gasteiger partial charge in [0.15, 0.2) is 0 Å². The van der Waals surface area contributed by atoms with Crippen molar-refractivity contribution < 1.29 is 13.2 Å². The number of rotatable bonds is 6. The van der Waals surface area contributed by atoms with Crippen molar-refractivity contribution in [2.45, 2.75) is 39.2 Å². The molecule has 1 heterocycles. The molecule has 0 aromatic rings. The van der Waals surface area contributed by atoms with Crippen molar-refractivity contribution in [3.63, 3.8) is 0 Å². The number of nitrogens with zero attached hydrogens (tertiary/aromatic N) is 1. The summed E-state index contributed by atoms with van der Waals surface area (Å²) >= 11 is 0. The molecule has 0 bridgehead atoms. The van der Waals surface area contributed by atoms with Gasteiger partial charge in [-0.25, -0.2) is 8.42 Å². The molecule has 0 saturated carbocycles. The van der Waals surface area contributed by atoms with E-state index in [1.165, 1.54) is 19.1 Å². The molecule has 1 aliphatic heterocycles. The highest BCUT2D eigenvalue weighted by molar-refractivity contribution is 7.90. The molecule has 1 amide bonds. The molecule has 0 spiro atoms. The summed E-state index contributed by atoms with van der Waals surface area (Å²) in [6.07, 6.45) is 4.04. The van der Waals surface area contributed by atoms with Crippen LogP contribution >= 0.6 is 12.4 Å². The predicted octanol–water partition coefficient (Wildman–Crippen LogP) is 1.33. The molecule has 5 nitrogen and oxygen atoms in total. The van der Waals surface area contributed by atoms with Crippen molar-refractivity contribution in [1.82, 2.24) is 10.2 Å². The lowest BCUT2D eigenvalue weighted by Gasteiger charge is -2.30. The molecular weight excluding hydrogens is 312 g/mol. The van der Waals surface area contributed by atoms with Crippen molar-refractivity contribution in [2.24, 2.45) is 11.8 Å². The van der Waals surface area contributed by atoms with Crippen LogP contribution in [0.5, 0.6) is 0 Å². The van der Waals surface area contributed by atoms with Gasteiger partial charge in [0, 0.05) is 25.8 Å². The molecule has 0 aromatic heterocycles. The van der Waals surface area contributed by atoms with Crippen molar-refractivity contribution in [3.05, 3.63) is 0 Å². The van der Waals surface area contributed by atoms with E-state index in [-0.39, 0.29) is 30.1 Å². The Morgan fingerprint density at radius 3 is 2.48 bits per heavy atom. The van der Waals surface area contributed by atoms with E-state index in [4.69, 9.17) is 0 Å². The zero-order valence-corrected chi connectivity index (χ0v) is 15.1. The molecule has 21 heavy (non-hydrogen) atoms. The number of amides is 1. The van der Waals surface area contributed by atoms with Gasteiger partial charge in [-0.15, -0.1) is 12.4 Å². The molecule has 0 aliphatic carbocycles. The van der Waals surface area contributed by atoms with Crippen molar-refractivity contribution in [1.29, 1.82) is 0 Å². The maximum absolute atomic E-state index is 12.2. The first kappa shape index (κ1) is 20.7. The average Bonchev–Trinajstić information content (AvgIpc) is 2.36. The molecule has 3 unspecified atom stereocenters. The van der Waals surface area contributed by atoms with E-state index < -0.39 is 9.84 Å². The second-order valence-corrected chi connectivity index (χ2v) is 8.42. The number of nitrogens with one attached hydrogen (secondary N) is 1. The molecule has 126 valence electrons. The molecule has 1 aliphatic rings. The number of carbonyl (C=O) groups is 1. The van der Waals surface area contributed by atoms with E-state index >= 15 is 0 Å². The second kappa shape index (κ2) is 8.96. The third-order valence-corrected chi connectivity index (χ3v) is 5.32. The lowest BCUT2D eigenvalue weighted by atomic mass is 9.85. The Labute approximate surface area is 135 Å². The maximum atomic E-state index is 12.2. The minimum atomic E-state index is -3.05. The fourth-order valence-corrected chi connectivity index (χ4v) is 3.85. The van der Waals surface area contributed by atoms with Crippen LogP contribution < -0.4 is 5.32 Å². The molecule has 1 fully saturated rings. The van der Waals surface area contributed by atoms with Crippen molar-refractivity contribution in [2.75, 3.05) is 32.1 Å². The summed E-state index contributed by atoms with van der Waals surface area (Å²) in [5.74, 6) is 0.947. The Kier molecular flexibility index (Phi) is 8.81. The summed E-state index contributed by atoms with van der Waals surface area (Å²) in [6.45, 7) is 5.95. The van der Waals surface area contributed by atoms with Crippen LogP contribution in [-0.4, -0.2) is 57.4 Å². The second-order valence-electron chi connectivity index (χ2n) is 6.23. The summed E-state index contributed by atoms with van der Waals surface area (Å²) in [5, 5.41) is 3.37. The first-order valence-corrected chi connectivity index (χ1v) is 9.41. The van der Waals surface area contributed by atoms with E-state index in [1.807, 2.05) is 0 Å². The van der Waals surface area contributed by atoms with Gasteiger partial charge in [0.1, 0.15) is 9.84 Å². The topological polar surface area (TPSA) is 66.5 Å². The molecule has 0 radical (unpaired) electrons. The van der Waals surface area contributed by atoms with Crippen LogP contribution in [0.25, 0.3) is 0 Å². The van der Waals surface area contributed by atoms with Crippen LogP contribution in [-0.2, 0) is 14.6 Å². The lowest BCUT2D eigenvalue weighted by molar-refractivity contribution is -0.132. The van der Waals surface area contributed by atoms with E-state index in [1.54, 1.807) is 18.9 Å². The molecular formula is C14H29ClN2O3S. The average molecular weight is 341 g/mol. The van der Waals surface area contributed by atoms with E-state index in [9.17, 15) is 13.2 Å². The summed E-state index contributed by atoms with van der Waals surface area (Å²) in [7, 11) is -1.36. The minimum absolute atomic E-state index is 0. The maximum Gasteiger partial charge on any atom is 0.222 e. The summed E-state index contributed by atoms with van der Waals surface area (Å²) < 4.78 is 22.6. The lowest BCUT2D eigenvalue weighted by Crippen LogP contribution is -2.41. The fraction of sp³-hybridized carbons (Fsp3) is 0.929. The van der Waals surface area contributed by atoms with E-state index in [2.05, 4.69) is 12.2 Å². The first-order chi connectivity index (χ1) is 9.20. The molecule has 0 aromatic carbocycles.